The quantitative estimate of drug-likeness (QED) is 0.517. The lowest BCUT2D eigenvalue weighted by molar-refractivity contribution is 0.273. The number of aromatic nitrogens is 2. The fourth-order valence-electron chi connectivity index (χ4n) is 2.48. The smallest absolute Gasteiger partial charge is 0.264 e. The van der Waals surface area contributed by atoms with Crippen LogP contribution < -0.4 is 19.9 Å². The molecular formula is C19H18Cl2N4O4S. The summed E-state index contributed by atoms with van der Waals surface area (Å²) in [6, 6.07) is 13.3. The molecule has 0 saturated carbocycles. The predicted molar refractivity (Wildman–Crippen MR) is 115 cm³/mol. The van der Waals surface area contributed by atoms with E-state index in [1.54, 1.807) is 0 Å². The molecule has 3 N–H and O–H groups in total. The van der Waals surface area contributed by atoms with Crippen molar-refractivity contribution in [1.82, 2.24) is 9.97 Å². The van der Waals surface area contributed by atoms with Crippen LogP contribution in [0.5, 0.6) is 11.8 Å². The molecule has 30 heavy (non-hydrogen) atoms. The topological polar surface area (TPSA) is 116 Å². The molecule has 1 unspecified atom stereocenters. The van der Waals surface area contributed by atoms with Crippen molar-refractivity contribution in [3.63, 3.8) is 0 Å². The van der Waals surface area contributed by atoms with E-state index in [4.69, 9.17) is 38.4 Å². The highest BCUT2D eigenvalue weighted by Gasteiger charge is 2.23. The molecule has 3 aromatic rings. The van der Waals surface area contributed by atoms with E-state index >= 15 is 0 Å². The van der Waals surface area contributed by atoms with Crippen molar-refractivity contribution in [1.29, 1.82) is 0 Å². The number of nitrogens with two attached hydrogens (primary N) is 1. The van der Waals surface area contributed by atoms with Crippen LogP contribution in [0.3, 0.4) is 0 Å². The number of sulfonamides is 1. The molecule has 158 valence electrons. The van der Waals surface area contributed by atoms with E-state index in [1.165, 1.54) is 31.5 Å². The zero-order valence-corrected chi connectivity index (χ0v) is 18.1. The first-order chi connectivity index (χ1) is 14.3. The van der Waals surface area contributed by atoms with Gasteiger partial charge in [-0.15, -0.1) is 0 Å². The van der Waals surface area contributed by atoms with Crippen molar-refractivity contribution < 1.29 is 17.9 Å². The molecule has 2 aromatic carbocycles. The minimum absolute atomic E-state index is 0.0810. The molecule has 1 aromatic heterocycles. The van der Waals surface area contributed by atoms with Gasteiger partial charge in [0.25, 0.3) is 15.9 Å². The minimum Gasteiger partial charge on any atom is -0.478 e. The lowest BCUT2D eigenvalue weighted by Gasteiger charge is -2.15. The van der Waals surface area contributed by atoms with Crippen LogP contribution in [-0.4, -0.2) is 32.1 Å². The van der Waals surface area contributed by atoms with Gasteiger partial charge in [0.05, 0.1) is 29.4 Å². The van der Waals surface area contributed by atoms with Crippen LogP contribution >= 0.6 is 23.2 Å². The molecule has 8 nitrogen and oxygen atoms in total. The zero-order chi connectivity index (χ0) is 21.7. The van der Waals surface area contributed by atoms with Crippen LogP contribution in [-0.2, 0) is 10.0 Å². The molecule has 0 radical (unpaired) electrons. The number of nitrogens with one attached hydrogen (secondary N) is 1. The Morgan fingerprint density at radius 2 is 1.87 bits per heavy atom. The molecule has 11 heteroatoms. The average Bonchev–Trinajstić information content (AvgIpc) is 2.75. The van der Waals surface area contributed by atoms with Crippen LogP contribution in [0.25, 0.3) is 0 Å². The summed E-state index contributed by atoms with van der Waals surface area (Å²) in [4.78, 5) is 7.97. The Balaban J connectivity index is 1.76. The van der Waals surface area contributed by atoms with Gasteiger partial charge in [-0.3, -0.25) is 4.72 Å². The number of rotatable bonds is 8. The second kappa shape index (κ2) is 9.48. The third-order valence-corrected chi connectivity index (χ3v) is 6.30. The van der Waals surface area contributed by atoms with Gasteiger partial charge >= 0.3 is 0 Å². The first-order valence-electron chi connectivity index (χ1n) is 8.63. The van der Waals surface area contributed by atoms with Crippen molar-refractivity contribution in [2.45, 2.75) is 10.9 Å². The maximum atomic E-state index is 12.7. The molecule has 0 amide bonds. The third-order valence-electron chi connectivity index (χ3n) is 3.99. The monoisotopic (exact) mass is 468 g/mol. The maximum Gasteiger partial charge on any atom is 0.264 e. The van der Waals surface area contributed by atoms with Crippen LogP contribution in [0.4, 0.5) is 5.82 Å². The minimum atomic E-state index is -4.08. The Morgan fingerprint density at radius 1 is 1.13 bits per heavy atom. The highest BCUT2D eigenvalue weighted by molar-refractivity contribution is 7.92. The van der Waals surface area contributed by atoms with Crippen LogP contribution in [0.2, 0.25) is 10.0 Å². The van der Waals surface area contributed by atoms with Crippen LogP contribution in [0.15, 0.2) is 59.6 Å². The number of anilines is 1. The first-order valence-corrected chi connectivity index (χ1v) is 10.9. The number of nitrogens with zero attached hydrogens (tertiary/aromatic N) is 2. The summed E-state index contributed by atoms with van der Waals surface area (Å²) in [5.41, 5.74) is 7.00. The van der Waals surface area contributed by atoms with Gasteiger partial charge in [-0.05, 0) is 17.7 Å². The lowest BCUT2D eigenvalue weighted by atomic mass is 10.1. The molecule has 0 bridgehead atoms. The van der Waals surface area contributed by atoms with E-state index in [-0.39, 0.29) is 45.2 Å². The van der Waals surface area contributed by atoms with Gasteiger partial charge in [0.1, 0.15) is 11.5 Å². The van der Waals surface area contributed by atoms with Crippen molar-refractivity contribution >= 4 is 39.0 Å². The summed E-state index contributed by atoms with van der Waals surface area (Å²) >= 11 is 11.9. The van der Waals surface area contributed by atoms with E-state index in [0.29, 0.717) is 0 Å². The van der Waals surface area contributed by atoms with Crippen molar-refractivity contribution in [2.75, 3.05) is 18.4 Å². The zero-order valence-electron chi connectivity index (χ0n) is 15.7. The van der Waals surface area contributed by atoms with E-state index in [0.717, 1.165) is 5.56 Å². The fraction of sp³-hybridized carbons (Fsp3) is 0.158. The Morgan fingerprint density at radius 3 is 2.57 bits per heavy atom. The molecule has 0 aliphatic heterocycles. The lowest BCUT2D eigenvalue weighted by Crippen LogP contribution is -2.20. The molecule has 0 aliphatic carbocycles. The Kier molecular flexibility index (Phi) is 6.99. The van der Waals surface area contributed by atoms with Gasteiger partial charge in [-0.25, -0.2) is 13.4 Å². The first kappa shape index (κ1) is 22.1. The molecule has 0 aliphatic rings. The Labute approximate surface area is 184 Å². The standard InChI is InChI=1S/C19H18Cl2N4O4S/c1-28-19-18(25-30(26,27)15-9-5-8-13(20)17(15)21)23-10-16(24-19)29-11-14(22)12-6-3-2-4-7-12/h2-10,14H,11,22H2,1H3,(H,23,25). The van der Waals surface area contributed by atoms with Crippen molar-refractivity contribution in [3.05, 3.63) is 70.3 Å². The summed E-state index contributed by atoms with van der Waals surface area (Å²) < 4.78 is 38.4. The second-order valence-electron chi connectivity index (χ2n) is 6.05. The Hall–Kier alpha value is -2.59. The molecular weight excluding hydrogens is 451 g/mol. The number of methoxy groups -OCH3 is 1. The summed E-state index contributed by atoms with van der Waals surface area (Å²) in [6.07, 6.45) is 1.26. The molecule has 0 fully saturated rings. The van der Waals surface area contributed by atoms with Gasteiger partial charge in [-0.2, -0.15) is 4.98 Å². The average molecular weight is 469 g/mol. The van der Waals surface area contributed by atoms with E-state index in [9.17, 15) is 8.42 Å². The SMILES string of the molecule is COc1nc(OCC(N)c2ccccc2)cnc1NS(=O)(=O)c1cccc(Cl)c1Cl. The van der Waals surface area contributed by atoms with Gasteiger partial charge < -0.3 is 15.2 Å². The fourth-order valence-corrected chi connectivity index (χ4v) is 4.25. The molecule has 0 saturated heterocycles. The normalized spacial score (nSPS) is 12.3. The molecule has 3 rings (SSSR count). The summed E-state index contributed by atoms with van der Waals surface area (Å²) in [5.74, 6) is -0.0854. The largest absolute Gasteiger partial charge is 0.478 e. The number of halogens is 2. The summed E-state index contributed by atoms with van der Waals surface area (Å²) in [5, 5.41) is 0.00420. The van der Waals surface area contributed by atoms with Gasteiger partial charge in [-0.1, -0.05) is 59.6 Å². The second-order valence-corrected chi connectivity index (χ2v) is 8.49. The van der Waals surface area contributed by atoms with Crippen LogP contribution in [0.1, 0.15) is 11.6 Å². The highest BCUT2D eigenvalue weighted by Crippen LogP contribution is 2.31. The Bertz CT molecular complexity index is 1130. The molecule has 1 atom stereocenters. The number of benzene rings is 2. The van der Waals surface area contributed by atoms with E-state index in [1.807, 2.05) is 30.3 Å². The summed E-state index contributed by atoms with van der Waals surface area (Å²) in [7, 11) is -2.76. The van der Waals surface area contributed by atoms with Gasteiger partial charge in [0.15, 0.2) is 0 Å². The number of ether oxygens (including phenoxy) is 2. The molecule has 1 heterocycles. The molecule has 0 spiro atoms. The summed E-state index contributed by atoms with van der Waals surface area (Å²) in [6.45, 7) is 0.144. The predicted octanol–water partition coefficient (Wildman–Crippen LogP) is 3.67. The maximum absolute atomic E-state index is 12.7. The number of hydrogen-bond donors (Lipinski definition) is 2. The third kappa shape index (κ3) is 5.11. The van der Waals surface area contributed by atoms with Crippen molar-refractivity contribution in [3.8, 4) is 11.8 Å². The van der Waals surface area contributed by atoms with Gasteiger partial charge in [0.2, 0.25) is 11.7 Å². The number of hydrogen-bond acceptors (Lipinski definition) is 7. The van der Waals surface area contributed by atoms with Crippen molar-refractivity contribution in [2.24, 2.45) is 5.73 Å². The van der Waals surface area contributed by atoms with E-state index in [2.05, 4.69) is 14.7 Å². The van der Waals surface area contributed by atoms with Crippen LogP contribution in [0, 0.1) is 0 Å². The highest BCUT2D eigenvalue weighted by atomic mass is 35.5. The van der Waals surface area contributed by atoms with Gasteiger partial charge in [0, 0.05) is 0 Å². The van der Waals surface area contributed by atoms with E-state index < -0.39 is 10.0 Å².